The second-order valence-corrected chi connectivity index (χ2v) is 5.79. The lowest BCUT2D eigenvalue weighted by molar-refractivity contribution is -0.387. The lowest BCUT2D eigenvalue weighted by Gasteiger charge is -2.05. The van der Waals surface area contributed by atoms with Gasteiger partial charge in [0.05, 0.1) is 9.82 Å². The van der Waals surface area contributed by atoms with Crippen molar-refractivity contribution in [3.63, 3.8) is 0 Å². The fourth-order valence-corrected chi connectivity index (χ4v) is 2.60. The first-order valence-corrected chi connectivity index (χ1v) is 7.33. The number of benzene rings is 1. The summed E-state index contributed by atoms with van der Waals surface area (Å²) < 4.78 is 39.5. The van der Waals surface area contributed by atoms with Crippen molar-refractivity contribution in [1.82, 2.24) is 10.2 Å². The molecule has 0 saturated carbocycles. The molecule has 0 aliphatic heterocycles. The number of rotatable bonds is 5. The van der Waals surface area contributed by atoms with Gasteiger partial charge in [-0.05, 0) is 18.6 Å². The molecule has 0 aliphatic carbocycles. The first-order chi connectivity index (χ1) is 9.83. The van der Waals surface area contributed by atoms with Gasteiger partial charge in [-0.15, -0.1) is 0 Å². The van der Waals surface area contributed by atoms with Gasteiger partial charge >= 0.3 is 5.69 Å². The van der Waals surface area contributed by atoms with Crippen molar-refractivity contribution in [2.24, 2.45) is 0 Å². The number of halogens is 1. The molecule has 0 bridgehead atoms. The smallest absolute Gasteiger partial charge is 0.280 e. The van der Waals surface area contributed by atoms with Crippen molar-refractivity contribution in [1.29, 1.82) is 0 Å². The maximum atomic E-state index is 13.2. The molecule has 0 amide bonds. The number of nitro groups is 1. The maximum Gasteiger partial charge on any atom is 0.306 e. The van der Waals surface area contributed by atoms with Gasteiger partial charge in [0.1, 0.15) is 0 Å². The van der Waals surface area contributed by atoms with Crippen LogP contribution in [-0.4, -0.2) is 23.5 Å². The predicted octanol–water partition coefficient (Wildman–Crippen LogP) is 1.82. The molecule has 2 N–H and O–H groups in total. The Kier molecular flexibility index (Phi) is 3.89. The van der Waals surface area contributed by atoms with Crippen LogP contribution in [0.3, 0.4) is 0 Å². The van der Waals surface area contributed by atoms with Crippen LogP contribution in [0.4, 0.5) is 15.9 Å². The molecule has 0 spiro atoms. The van der Waals surface area contributed by atoms with Gasteiger partial charge in [-0.1, -0.05) is 6.92 Å². The number of H-pyrrole nitrogens is 1. The average Bonchev–Trinajstić information content (AvgIpc) is 2.85. The third kappa shape index (κ3) is 3.16. The topological polar surface area (TPSA) is 118 Å². The van der Waals surface area contributed by atoms with E-state index in [-0.39, 0.29) is 5.82 Å². The van der Waals surface area contributed by atoms with Crippen LogP contribution in [0.5, 0.6) is 0 Å². The first-order valence-electron chi connectivity index (χ1n) is 5.84. The lowest BCUT2D eigenvalue weighted by atomic mass is 10.3. The summed E-state index contributed by atoms with van der Waals surface area (Å²) in [7, 11) is -4.08. The maximum absolute atomic E-state index is 13.2. The van der Waals surface area contributed by atoms with Gasteiger partial charge in [-0.2, -0.15) is 9.49 Å². The standard InChI is InChI=1S/C11H11FN4O4S/c1-2-7-5-11(14-13-7)15-21(19,20)8-3-4-9(12)10(6-8)16(17)18/h3-6H,2H2,1H3,(H2,13,14,15). The Morgan fingerprint density at radius 3 is 2.71 bits per heavy atom. The Hall–Kier alpha value is -2.49. The summed E-state index contributed by atoms with van der Waals surface area (Å²) >= 11 is 0. The minimum atomic E-state index is -4.08. The molecule has 21 heavy (non-hydrogen) atoms. The van der Waals surface area contributed by atoms with Crippen LogP contribution < -0.4 is 4.72 Å². The summed E-state index contributed by atoms with van der Waals surface area (Å²) in [6.07, 6.45) is 0.636. The van der Waals surface area contributed by atoms with E-state index in [1.807, 2.05) is 6.92 Å². The van der Waals surface area contributed by atoms with Gasteiger partial charge < -0.3 is 0 Å². The number of aryl methyl sites for hydroxylation is 1. The number of aromatic amines is 1. The fourth-order valence-electron chi connectivity index (χ4n) is 1.59. The molecular weight excluding hydrogens is 303 g/mol. The van der Waals surface area contributed by atoms with E-state index in [1.54, 1.807) is 0 Å². The van der Waals surface area contributed by atoms with E-state index in [0.29, 0.717) is 12.5 Å². The average molecular weight is 314 g/mol. The number of sulfonamides is 1. The summed E-state index contributed by atoms with van der Waals surface area (Å²) in [5.41, 5.74) is -0.188. The quantitative estimate of drug-likeness (QED) is 0.644. The van der Waals surface area contributed by atoms with Gasteiger partial charge in [0.25, 0.3) is 10.0 Å². The van der Waals surface area contributed by atoms with Crippen molar-refractivity contribution >= 4 is 21.5 Å². The van der Waals surface area contributed by atoms with Crippen molar-refractivity contribution in [3.8, 4) is 0 Å². The normalized spacial score (nSPS) is 11.3. The van der Waals surface area contributed by atoms with Crippen LogP contribution in [0.15, 0.2) is 29.2 Å². The summed E-state index contributed by atoms with van der Waals surface area (Å²) in [5, 5.41) is 17.0. The number of hydrogen-bond donors (Lipinski definition) is 2. The van der Waals surface area contributed by atoms with Crippen LogP contribution in [0.2, 0.25) is 0 Å². The van der Waals surface area contributed by atoms with Crippen molar-refractivity contribution in [3.05, 3.63) is 45.9 Å². The molecule has 0 unspecified atom stereocenters. The Bertz CT molecular complexity index is 787. The van der Waals surface area contributed by atoms with Gasteiger partial charge in [0.2, 0.25) is 5.82 Å². The molecule has 1 aromatic carbocycles. The highest BCUT2D eigenvalue weighted by atomic mass is 32.2. The minimum absolute atomic E-state index is 0.0545. The second kappa shape index (κ2) is 5.48. The van der Waals surface area contributed by atoms with Gasteiger partial charge in [-0.25, -0.2) is 8.42 Å². The fraction of sp³-hybridized carbons (Fsp3) is 0.182. The Morgan fingerprint density at radius 2 is 2.14 bits per heavy atom. The molecule has 0 fully saturated rings. The molecule has 0 radical (unpaired) electrons. The zero-order valence-corrected chi connectivity index (χ0v) is 11.6. The van der Waals surface area contributed by atoms with E-state index in [1.165, 1.54) is 6.07 Å². The summed E-state index contributed by atoms with van der Waals surface area (Å²) in [6.45, 7) is 1.86. The number of aromatic nitrogens is 2. The monoisotopic (exact) mass is 314 g/mol. The van der Waals surface area contributed by atoms with Crippen LogP contribution in [0, 0.1) is 15.9 Å². The Balaban J connectivity index is 2.35. The third-order valence-corrected chi connectivity index (χ3v) is 4.03. The molecule has 8 nitrogen and oxygen atoms in total. The van der Waals surface area contributed by atoms with E-state index < -0.39 is 31.3 Å². The Morgan fingerprint density at radius 1 is 1.43 bits per heavy atom. The molecule has 2 aromatic rings. The van der Waals surface area contributed by atoms with E-state index in [4.69, 9.17) is 0 Å². The largest absolute Gasteiger partial charge is 0.306 e. The molecule has 112 valence electrons. The second-order valence-electron chi connectivity index (χ2n) is 4.11. The van der Waals surface area contributed by atoms with E-state index in [2.05, 4.69) is 14.9 Å². The van der Waals surface area contributed by atoms with E-state index in [0.717, 1.165) is 17.8 Å². The zero-order valence-electron chi connectivity index (χ0n) is 10.8. The number of nitrogens with zero attached hydrogens (tertiary/aromatic N) is 2. The molecular formula is C11H11FN4O4S. The number of anilines is 1. The number of nitro benzene ring substituents is 1. The third-order valence-electron chi connectivity index (χ3n) is 2.68. The molecule has 0 atom stereocenters. The molecule has 10 heteroatoms. The highest BCUT2D eigenvalue weighted by Crippen LogP contribution is 2.23. The minimum Gasteiger partial charge on any atom is -0.280 e. The first kappa shape index (κ1) is 14.9. The van der Waals surface area contributed by atoms with Crippen LogP contribution in [0.25, 0.3) is 0 Å². The van der Waals surface area contributed by atoms with Crippen molar-refractivity contribution < 1.29 is 17.7 Å². The predicted molar refractivity (Wildman–Crippen MR) is 71.8 cm³/mol. The highest BCUT2D eigenvalue weighted by Gasteiger charge is 2.22. The van der Waals surface area contributed by atoms with Crippen molar-refractivity contribution in [2.45, 2.75) is 18.2 Å². The van der Waals surface area contributed by atoms with Crippen LogP contribution in [0.1, 0.15) is 12.6 Å². The molecule has 0 aliphatic rings. The summed E-state index contributed by atoms with van der Waals surface area (Å²) in [4.78, 5) is 9.23. The Labute approximate surface area is 119 Å². The van der Waals surface area contributed by atoms with Crippen LogP contribution >= 0.6 is 0 Å². The highest BCUT2D eigenvalue weighted by molar-refractivity contribution is 7.92. The van der Waals surface area contributed by atoms with Gasteiger partial charge in [-0.3, -0.25) is 19.9 Å². The van der Waals surface area contributed by atoms with Crippen molar-refractivity contribution in [2.75, 3.05) is 4.72 Å². The summed E-state index contributed by atoms with van der Waals surface area (Å²) in [5.74, 6) is -1.05. The SMILES string of the molecule is CCc1cc(NS(=O)(=O)c2ccc(F)c([N+](=O)[O-])c2)n[nH]1. The lowest BCUT2D eigenvalue weighted by Crippen LogP contribution is -2.13. The number of nitrogens with one attached hydrogen (secondary N) is 2. The number of hydrogen-bond acceptors (Lipinski definition) is 5. The van der Waals surface area contributed by atoms with E-state index >= 15 is 0 Å². The molecule has 1 aromatic heterocycles. The van der Waals surface area contributed by atoms with E-state index in [9.17, 15) is 22.9 Å². The summed E-state index contributed by atoms with van der Waals surface area (Å²) in [6, 6.07) is 3.83. The molecule has 2 rings (SSSR count). The van der Waals surface area contributed by atoms with Gasteiger partial charge in [0.15, 0.2) is 5.82 Å². The zero-order chi connectivity index (χ0) is 15.6. The molecule has 0 saturated heterocycles. The molecule has 1 heterocycles. The van der Waals surface area contributed by atoms with Gasteiger partial charge in [0, 0.05) is 17.8 Å². The van der Waals surface area contributed by atoms with Crippen LogP contribution in [-0.2, 0) is 16.4 Å².